The predicted octanol–water partition coefficient (Wildman–Crippen LogP) is 3.11. The Bertz CT molecular complexity index is 787. The molecule has 7 heteroatoms. The number of hydrogen-bond donors (Lipinski definition) is 0. The minimum atomic E-state index is 0.0486. The topological polar surface area (TPSA) is 68.5 Å². The van der Waals surface area contributed by atoms with Gasteiger partial charge in [0.2, 0.25) is 5.88 Å². The Kier molecular flexibility index (Phi) is 4.65. The average Bonchev–Trinajstić information content (AvgIpc) is 3.19. The van der Waals surface area contributed by atoms with E-state index < -0.39 is 0 Å². The molecule has 1 atom stereocenters. The molecule has 138 valence electrons. The van der Waals surface area contributed by atoms with Crippen LogP contribution in [0, 0.1) is 6.92 Å². The van der Waals surface area contributed by atoms with Gasteiger partial charge in [-0.2, -0.15) is 0 Å². The summed E-state index contributed by atoms with van der Waals surface area (Å²) in [5, 5.41) is 3.99. The number of carbonyl (C=O) groups is 1. The van der Waals surface area contributed by atoms with Crippen molar-refractivity contribution in [2.75, 3.05) is 18.8 Å². The van der Waals surface area contributed by atoms with Gasteiger partial charge >= 0.3 is 0 Å². The van der Waals surface area contributed by atoms with E-state index in [2.05, 4.69) is 17.1 Å². The number of thioether (sulfide) groups is 1. The van der Waals surface area contributed by atoms with Gasteiger partial charge in [0.25, 0.3) is 5.91 Å². The molecule has 1 spiro atoms. The zero-order valence-corrected chi connectivity index (χ0v) is 15.9. The van der Waals surface area contributed by atoms with Gasteiger partial charge in [-0.25, -0.2) is 4.98 Å². The number of carbonyl (C=O) groups excluding carboxylic acids is 1. The van der Waals surface area contributed by atoms with E-state index in [4.69, 9.17) is 9.26 Å². The third-order valence-corrected chi connectivity index (χ3v) is 6.55. The molecule has 4 rings (SSSR count). The third-order valence-electron chi connectivity index (χ3n) is 4.97. The van der Waals surface area contributed by atoms with Crippen LogP contribution >= 0.6 is 11.8 Å². The summed E-state index contributed by atoms with van der Waals surface area (Å²) < 4.78 is 11.4. The van der Waals surface area contributed by atoms with E-state index in [0.717, 1.165) is 38.1 Å². The second-order valence-corrected chi connectivity index (χ2v) is 8.57. The molecule has 0 aromatic carbocycles. The zero-order chi connectivity index (χ0) is 18.1. The number of amides is 1. The maximum atomic E-state index is 12.9. The molecular formula is C19H23N3O3S. The molecule has 2 aromatic rings. The first kappa shape index (κ1) is 17.4. The van der Waals surface area contributed by atoms with Crippen LogP contribution in [-0.2, 0) is 6.42 Å². The highest BCUT2D eigenvalue weighted by atomic mass is 32.2. The van der Waals surface area contributed by atoms with Crippen molar-refractivity contribution in [3.63, 3.8) is 0 Å². The highest BCUT2D eigenvalue weighted by Gasteiger charge is 2.52. The standard InChI is InChI=1S/C19H23N3O3S/c1-3-6-15-17(13(2)21-25-15)18(23)22-11-19(12-22)9-14(10-26-19)24-16-7-4-5-8-20-16/h4-5,7-8,14H,3,6,9-12H2,1-2H3/t14-/m1/s1. The van der Waals surface area contributed by atoms with Gasteiger partial charge in [0.1, 0.15) is 17.4 Å². The maximum Gasteiger partial charge on any atom is 0.259 e. The van der Waals surface area contributed by atoms with Crippen LogP contribution in [0.25, 0.3) is 0 Å². The lowest BCUT2D eigenvalue weighted by molar-refractivity contribution is 0.0513. The first-order valence-electron chi connectivity index (χ1n) is 9.06. The number of aromatic nitrogens is 2. The summed E-state index contributed by atoms with van der Waals surface area (Å²) in [6.07, 6.45) is 4.52. The van der Waals surface area contributed by atoms with Crippen LogP contribution in [-0.4, -0.2) is 50.6 Å². The second-order valence-electron chi connectivity index (χ2n) is 7.08. The van der Waals surface area contributed by atoms with E-state index in [1.807, 2.05) is 41.8 Å². The van der Waals surface area contributed by atoms with Gasteiger partial charge in [0.15, 0.2) is 0 Å². The maximum absolute atomic E-state index is 12.9. The molecule has 2 saturated heterocycles. The lowest BCUT2D eigenvalue weighted by atomic mass is 9.92. The Morgan fingerprint density at radius 2 is 2.31 bits per heavy atom. The Morgan fingerprint density at radius 3 is 3.04 bits per heavy atom. The van der Waals surface area contributed by atoms with Crippen LogP contribution < -0.4 is 4.74 Å². The van der Waals surface area contributed by atoms with Crippen molar-refractivity contribution in [3.05, 3.63) is 41.4 Å². The zero-order valence-electron chi connectivity index (χ0n) is 15.1. The quantitative estimate of drug-likeness (QED) is 0.802. The fraction of sp³-hybridized carbons (Fsp3) is 0.526. The SMILES string of the molecule is CCCc1onc(C)c1C(=O)N1CC2(C[C@@H](Oc3ccccn3)CS2)C1. The minimum Gasteiger partial charge on any atom is -0.473 e. The fourth-order valence-corrected chi connectivity index (χ4v) is 5.25. The predicted molar refractivity (Wildman–Crippen MR) is 99.6 cm³/mol. The molecule has 2 aliphatic rings. The fourth-order valence-electron chi connectivity index (χ4n) is 3.73. The molecule has 2 aliphatic heterocycles. The number of aryl methyl sites for hydroxylation is 2. The largest absolute Gasteiger partial charge is 0.473 e. The molecule has 0 N–H and O–H groups in total. The van der Waals surface area contributed by atoms with E-state index in [1.54, 1.807) is 6.20 Å². The smallest absolute Gasteiger partial charge is 0.259 e. The van der Waals surface area contributed by atoms with Gasteiger partial charge in [0, 0.05) is 43.9 Å². The van der Waals surface area contributed by atoms with Crippen molar-refractivity contribution < 1.29 is 14.1 Å². The average molecular weight is 373 g/mol. The van der Waals surface area contributed by atoms with Gasteiger partial charge in [-0.3, -0.25) is 4.79 Å². The molecule has 0 unspecified atom stereocenters. The van der Waals surface area contributed by atoms with Crippen molar-refractivity contribution in [1.29, 1.82) is 0 Å². The molecule has 0 radical (unpaired) electrons. The molecular weight excluding hydrogens is 350 g/mol. The van der Waals surface area contributed by atoms with Crippen LogP contribution in [0.4, 0.5) is 0 Å². The van der Waals surface area contributed by atoms with Crippen LogP contribution in [0.15, 0.2) is 28.9 Å². The van der Waals surface area contributed by atoms with Gasteiger partial charge in [-0.05, 0) is 19.4 Å². The van der Waals surface area contributed by atoms with Crippen molar-refractivity contribution in [2.24, 2.45) is 0 Å². The van der Waals surface area contributed by atoms with E-state index in [1.165, 1.54) is 0 Å². The molecule has 0 aliphatic carbocycles. The first-order valence-corrected chi connectivity index (χ1v) is 10.0. The molecule has 1 amide bonds. The Labute approximate surface area is 157 Å². The van der Waals surface area contributed by atoms with Crippen LogP contribution in [0.5, 0.6) is 5.88 Å². The number of ether oxygens (including phenoxy) is 1. The number of likely N-dealkylation sites (tertiary alicyclic amines) is 1. The Morgan fingerprint density at radius 1 is 1.46 bits per heavy atom. The van der Waals surface area contributed by atoms with Crippen molar-refractivity contribution >= 4 is 17.7 Å². The highest BCUT2D eigenvalue weighted by molar-refractivity contribution is 8.01. The number of nitrogens with zero attached hydrogens (tertiary/aromatic N) is 3. The lowest BCUT2D eigenvalue weighted by Gasteiger charge is -2.47. The van der Waals surface area contributed by atoms with E-state index in [9.17, 15) is 4.79 Å². The van der Waals surface area contributed by atoms with Gasteiger partial charge < -0.3 is 14.2 Å². The normalized spacial score (nSPS) is 21.0. The highest BCUT2D eigenvalue weighted by Crippen LogP contribution is 2.46. The van der Waals surface area contributed by atoms with Gasteiger partial charge in [-0.15, -0.1) is 11.8 Å². The summed E-state index contributed by atoms with van der Waals surface area (Å²) in [6, 6.07) is 5.70. The summed E-state index contributed by atoms with van der Waals surface area (Å²) in [4.78, 5) is 19.0. The van der Waals surface area contributed by atoms with Crippen molar-refractivity contribution in [2.45, 2.75) is 44.0 Å². The lowest BCUT2D eigenvalue weighted by Crippen LogP contribution is -2.61. The minimum absolute atomic E-state index is 0.0486. The van der Waals surface area contributed by atoms with Gasteiger partial charge in [0.05, 0.1) is 10.4 Å². The molecule has 2 fully saturated rings. The number of rotatable bonds is 5. The van der Waals surface area contributed by atoms with Crippen LogP contribution in [0.2, 0.25) is 0 Å². The van der Waals surface area contributed by atoms with E-state index in [-0.39, 0.29) is 16.8 Å². The molecule has 0 bridgehead atoms. The molecule has 2 aromatic heterocycles. The molecule has 26 heavy (non-hydrogen) atoms. The second kappa shape index (κ2) is 6.95. The van der Waals surface area contributed by atoms with Crippen LogP contribution in [0.3, 0.4) is 0 Å². The summed E-state index contributed by atoms with van der Waals surface area (Å²) in [5.41, 5.74) is 1.35. The first-order chi connectivity index (χ1) is 12.6. The van der Waals surface area contributed by atoms with Gasteiger partial charge in [-0.1, -0.05) is 18.1 Å². The monoisotopic (exact) mass is 373 g/mol. The summed E-state index contributed by atoms with van der Waals surface area (Å²) in [5.74, 6) is 2.37. The molecule has 6 nitrogen and oxygen atoms in total. The number of hydrogen-bond acceptors (Lipinski definition) is 6. The van der Waals surface area contributed by atoms with E-state index >= 15 is 0 Å². The molecule has 4 heterocycles. The Hall–Kier alpha value is -2.02. The number of pyridine rings is 1. The summed E-state index contributed by atoms with van der Waals surface area (Å²) in [6.45, 7) is 5.43. The van der Waals surface area contributed by atoms with Crippen LogP contribution in [0.1, 0.15) is 41.6 Å². The van der Waals surface area contributed by atoms with Crippen molar-refractivity contribution in [3.8, 4) is 5.88 Å². The third kappa shape index (κ3) is 3.20. The Balaban J connectivity index is 1.37. The summed E-state index contributed by atoms with van der Waals surface area (Å²) >= 11 is 1.91. The van der Waals surface area contributed by atoms with E-state index in [0.29, 0.717) is 22.9 Å². The van der Waals surface area contributed by atoms with Crippen molar-refractivity contribution in [1.82, 2.24) is 15.0 Å². The summed E-state index contributed by atoms with van der Waals surface area (Å²) in [7, 11) is 0. The molecule has 0 saturated carbocycles.